The van der Waals surface area contributed by atoms with E-state index >= 15 is 0 Å². The van der Waals surface area contributed by atoms with Gasteiger partial charge in [0.1, 0.15) is 0 Å². The molecule has 0 bridgehead atoms. The quantitative estimate of drug-likeness (QED) is 0.648. The zero-order valence-corrected chi connectivity index (χ0v) is 15.0. The molecular formula is C19H25N5O. The Kier molecular flexibility index (Phi) is 5.07. The van der Waals surface area contributed by atoms with Gasteiger partial charge in [-0.05, 0) is 30.2 Å². The minimum Gasteiger partial charge on any atom is -0.356 e. The van der Waals surface area contributed by atoms with Crippen molar-refractivity contribution < 1.29 is 4.79 Å². The van der Waals surface area contributed by atoms with Crippen LogP contribution in [-0.2, 0) is 18.4 Å². The molecule has 1 aromatic heterocycles. The van der Waals surface area contributed by atoms with E-state index in [0.717, 1.165) is 30.2 Å². The monoisotopic (exact) mass is 339 g/mol. The van der Waals surface area contributed by atoms with Gasteiger partial charge in [-0.1, -0.05) is 18.2 Å². The number of carbonyl (C=O) groups excluding carboxylic acids is 1. The van der Waals surface area contributed by atoms with Crippen LogP contribution in [0.25, 0.3) is 0 Å². The lowest BCUT2D eigenvalue weighted by Gasteiger charge is -2.23. The maximum Gasteiger partial charge on any atom is 0.232 e. The molecule has 1 aliphatic heterocycles. The van der Waals surface area contributed by atoms with Crippen LogP contribution in [0.15, 0.2) is 47.6 Å². The van der Waals surface area contributed by atoms with Gasteiger partial charge in [0.15, 0.2) is 5.96 Å². The maximum atomic E-state index is 12.2. The Morgan fingerprint density at radius 2 is 2.12 bits per heavy atom. The van der Waals surface area contributed by atoms with Crippen molar-refractivity contribution in [2.45, 2.75) is 18.9 Å². The Morgan fingerprint density at radius 1 is 1.32 bits per heavy atom. The molecule has 1 atom stereocenters. The van der Waals surface area contributed by atoms with E-state index in [9.17, 15) is 4.79 Å². The first kappa shape index (κ1) is 17.1. The highest BCUT2D eigenvalue weighted by Gasteiger charge is 2.29. The number of nitrogens with zero attached hydrogens (tertiary/aromatic N) is 3. The van der Waals surface area contributed by atoms with Gasteiger partial charge in [-0.2, -0.15) is 0 Å². The maximum absolute atomic E-state index is 12.2. The molecule has 1 aliphatic rings. The number of hydrogen-bond acceptors (Lipinski definition) is 2. The summed E-state index contributed by atoms with van der Waals surface area (Å²) in [5, 5.41) is 6.31. The van der Waals surface area contributed by atoms with Crippen molar-refractivity contribution in [3.63, 3.8) is 0 Å². The van der Waals surface area contributed by atoms with E-state index < -0.39 is 0 Å². The van der Waals surface area contributed by atoms with E-state index in [1.165, 1.54) is 5.69 Å². The van der Waals surface area contributed by atoms with Crippen LogP contribution in [0.1, 0.15) is 23.6 Å². The van der Waals surface area contributed by atoms with E-state index in [4.69, 9.17) is 0 Å². The normalized spacial score (nSPS) is 16.5. The Bertz CT molecular complexity index is 780. The average Bonchev–Trinajstić information content (AvgIpc) is 3.14. The van der Waals surface area contributed by atoms with E-state index in [1.54, 1.807) is 7.05 Å². The van der Waals surface area contributed by atoms with Crippen molar-refractivity contribution in [2.75, 3.05) is 26.0 Å². The number of guanidine groups is 1. The third-order valence-electron chi connectivity index (χ3n) is 4.65. The summed E-state index contributed by atoms with van der Waals surface area (Å²) in [5.41, 5.74) is 3.23. The van der Waals surface area contributed by atoms with Gasteiger partial charge < -0.3 is 20.1 Å². The number of aromatic nitrogens is 1. The second-order valence-electron chi connectivity index (χ2n) is 6.36. The second kappa shape index (κ2) is 7.42. The standard InChI is InChI=1S/C19H25N5O/c1-20-19(24(3)13-14-7-6-12-23(14)2)21-11-10-16-15-8-4-5-9-17(15)22-18(16)25/h4-9,12,16H,10-11,13H2,1-3H3,(H,20,21)(H,22,25). The number of anilines is 1. The fourth-order valence-corrected chi connectivity index (χ4v) is 3.25. The summed E-state index contributed by atoms with van der Waals surface area (Å²) in [7, 11) is 5.83. The van der Waals surface area contributed by atoms with Gasteiger partial charge in [0, 0.05) is 45.3 Å². The molecule has 0 fully saturated rings. The molecule has 0 saturated heterocycles. The van der Waals surface area contributed by atoms with Crippen molar-refractivity contribution in [1.82, 2.24) is 14.8 Å². The number of rotatable bonds is 5. The fourth-order valence-electron chi connectivity index (χ4n) is 3.25. The molecule has 6 nitrogen and oxygen atoms in total. The van der Waals surface area contributed by atoms with E-state index in [-0.39, 0.29) is 11.8 Å². The van der Waals surface area contributed by atoms with Crippen LogP contribution in [0.3, 0.4) is 0 Å². The number of aliphatic imine (C=N–C) groups is 1. The Balaban J connectivity index is 1.55. The predicted molar refractivity (Wildman–Crippen MR) is 101 cm³/mol. The molecule has 2 aromatic rings. The number of fused-ring (bicyclic) bond motifs is 1. The van der Waals surface area contributed by atoms with Gasteiger partial charge in [-0.3, -0.25) is 9.79 Å². The summed E-state index contributed by atoms with van der Waals surface area (Å²) in [6.07, 6.45) is 2.77. The highest BCUT2D eigenvalue weighted by atomic mass is 16.2. The lowest BCUT2D eigenvalue weighted by Crippen LogP contribution is -2.39. The zero-order chi connectivity index (χ0) is 17.8. The molecule has 25 heavy (non-hydrogen) atoms. The third-order valence-corrected chi connectivity index (χ3v) is 4.65. The third kappa shape index (κ3) is 3.68. The van der Waals surface area contributed by atoms with Crippen LogP contribution in [0.5, 0.6) is 0 Å². The fraction of sp³-hybridized carbons (Fsp3) is 0.368. The number of para-hydroxylation sites is 1. The number of aryl methyl sites for hydroxylation is 1. The van der Waals surface area contributed by atoms with Crippen LogP contribution in [0.4, 0.5) is 5.69 Å². The summed E-state index contributed by atoms with van der Waals surface area (Å²) in [4.78, 5) is 18.6. The minimum atomic E-state index is -0.0972. The van der Waals surface area contributed by atoms with Crippen LogP contribution in [0, 0.1) is 0 Å². The minimum absolute atomic E-state index is 0.0788. The van der Waals surface area contributed by atoms with Crippen LogP contribution in [0.2, 0.25) is 0 Å². The Labute approximate surface area is 148 Å². The largest absolute Gasteiger partial charge is 0.356 e. The molecular weight excluding hydrogens is 314 g/mol. The zero-order valence-electron chi connectivity index (χ0n) is 15.0. The molecule has 3 rings (SSSR count). The van der Waals surface area contributed by atoms with Crippen LogP contribution < -0.4 is 10.6 Å². The van der Waals surface area contributed by atoms with Crippen molar-refractivity contribution in [3.8, 4) is 0 Å². The molecule has 2 N–H and O–H groups in total. The van der Waals surface area contributed by atoms with Gasteiger partial charge in [0.2, 0.25) is 5.91 Å². The summed E-state index contributed by atoms with van der Waals surface area (Å²) in [5.74, 6) is 0.808. The van der Waals surface area contributed by atoms with Crippen molar-refractivity contribution in [1.29, 1.82) is 0 Å². The number of benzene rings is 1. The molecule has 2 heterocycles. The molecule has 1 aromatic carbocycles. The molecule has 0 radical (unpaired) electrons. The Morgan fingerprint density at radius 3 is 2.84 bits per heavy atom. The second-order valence-corrected chi connectivity index (χ2v) is 6.36. The number of amides is 1. The summed E-state index contributed by atoms with van der Waals surface area (Å²) >= 11 is 0. The van der Waals surface area contributed by atoms with Crippen LogP contribution in [-0.4, -0.2) is 42.0 Å². The predicted octanol–water partition coefficient (Wildman–Crippen LogP) is 2.16. The average molecular weight is 339 g/mol. The van der Waals surface area contributed by atoms with Crippen LogP contribution >= 0.6 is 0 Å². The topological polar surface area (TPSA) is 61.7 Å². The molecule has 0 aliphatic carbocycles. The van der Waals surface area contributed by atoms with E-state index in [2.05, 4.69) is 31.2 Å². The Hall–Kier alpha value is -2.76. The number of carbonyl (C=O) groups is 1. The van der Waals surface area contributed by atoms with Gasteiger partial charge in [0.25, 0.3) is 0 Å². The summed E-state index contributed by atoms with van der Waals surface area (Å²) in [6, 6.07) is 12.0. The molecule has 6 heteroatoms. The number of hydrogen-bond donors (Lipinski definition) is 2. The first-order valence-electron chi connectivity index (χ1n) is 8.52. The SMILES string of the molecule is CN=C(NCCC1C(=O)Nc2ccccc21)N(C)Cc1cccn1C. The highest BCUT2D eigenvalue weighted by molar-refractivity contribution is 6.02. The smallest absolute Gasteiger partial charge is 0.232 e. The molecule has 0 saturated carbocycles. The first-order valence-corrected chi connectivity index (χ1v) is 8.52. The van der Waals surface area contributed by atoms with E-state index in [0.29, 0.717) is 6.54 Å². The van der Waals surface area contributed by atoms with Gasteiger partial charge in [-0.25, -0.2) is 0 Å². The first-order chi connectivity index (χ1) is 12.1. The van der Waals surface area contributed by atoms with Gasteiger partial charge in [0.05, 0.1) is 12.5 Å². The molecule has 1 amide bonds. The van der Waals surface area contributed by atoms with E-state index in [1.807, 2.05) is 50.6 Å². The molecule has 0 spiro atoms. The molecule has 1 unspecified atom stereocenters. The van der Waals surface area contributed by atoms with Crippen molar-refractivity contribution >= 4 is 17.6 Å². The van der Waals surface area contributed by atoms with Crippen molar-refractivity contribution in [2.24, 2.45) is 12.0 Å². The van der Waals surface area contributed by atoms with Gasteiger partial charge >= 0.3 is 0 Å². The number of nitrogens with one attached hydrogen (secondary N) is 2. The van der Waals surface area contributed by atoms with Gasteiger partial charge in [-0.15, -0.1) is 0 Å². The lowest BCUT2D eigenvalue weighted by atomic mass is 9.97. The lowest BCUT2D eigenvalue weighted by molar-refractivity contribution is -0.117. The highest BCUT2D eigenvalue weighted by Crippen LogP contribution is 2.33. The summed E-state index contributed by atoms with van der Waals surface area (Å²) in [6.45, 7) is 1.46. The van der Waals surface area contributed by atoms with Crippen molar-refractivity contribution in [3.05, 3.63) is 53.9 Å². The summed E-state index contributed by atoms with van der Waals surface area (Å²) < 4.78 is 2.10. The molecule has 132 valence electrons.